The molecule has 0 N–H and O–H groups in total. The Morgan fingerprint density at radius 3 is 1.56 bits per heavy atom. The maximum Gasteiger partial charge on any atom is 0.508 e. The van der Waals surface area contributed by atoms with Crippen molar-refractivity contribution in [3.63, 3.8) is 0 Å². The van der Waals surface area contributed by atoms with E-state index in [1.165, 1.54) is 55.5 Å². The highest BCUT2D eigenvalue weighted by Crippen LogP contribution is 2.38. The van der Waals surface area contributed by atoms with Crippen molar-refractivity contribution < 1.29 is 52.7 Å². The molecule has 1 amide bonds. The summed E-state index contributed by atoms with van der Waals surface area (Å²) in [4.78, 5) is 75.7. The molecule has 4 aromatic carbocycles. The van der Waals surface area contributed by atoms with Gasteiger partial charge in [-0.2, -0.15) is 0 Å². The van der Waals surface area contributed by atoms with Crippen LogP contribution in [0.1, 0.15) is 42.0 Å². The molecule has 1 aliphatic rings. The van der Waals surface area contributed by atoms with Crippen molar-refractivity contribution in [1.82, 2.24) is 4.90 Å². The smallest absolute Gasteiger partial charge is 0.497 e. The van der Waals surface area contributed by atoms with Crippen LogP contribution in [0.25, 0.3) is 0 Å². The molecule has 1 heterocycles. The second kappa shape index (κ2) is 19.2. The number of ketones is 1. The number of nitro groups is 2. The van der Waals surface area contributed by atoms with E-state index in [0.29, 0.717) is 35.5 Å². The fourth-order valence-electron chi connectivity index (χ4n) is 6.63. The van der Waals surface area contributed by atoms with E-state index in [0.717, 1.165) is 11.1 Å². The third kappa shape index (κ3) is 11.1. The van der Waals surface area contributed by atoms with E-state index >= 15 is 0 Å². The fraction of sp³-hybridized carbons (Fsp3) is 0.317. The first-order valence-electron chi connectivity index (χ1n) is 17.9. The summed E-state index contributed by atoms with van der Waals surface area (Å²) in [6.45, 7) is 1.06. The maximum absolute atomic E-state index is 14.2. The van der Waals surface area contributed by atoms with Gasteiger partial charge in [-0.1, -0.05) is 24.3 Å². The number of non-ortho nitro benzene ring substituents is 2. The lowest BCUT2D eigenvalue weighted by Crippen LogP contribution is -2.68. The molecule has 1 aliphatic heterocycles. The molecule has 1 saturated heterocycles. The lowest BCUT2D eigenvalue weighted by Gasteiger charge is -2.52. The molecule has 298 valence electrons. The minimum atomic E-state index is -1.08. The van der Waals surface area contributed by atoms with Crippen LogP contribution in [0.5, 0.6) is 11.5 Å². The predicted octanol–water partition coefficient (Wildman–Crippen LogP) is 6.34. The molecule has 1 fully saturated rings. The highest BCUT2D eigenvalue weighted by molar-refractivity contribution is 5.97. The van der Waals surface area contributed by atoms with Crippen LogP contribution < -0.4 is 9.47 Å². The van der Waals surface area contributed by atoms with Crippen molar-refractivity contribution in [3.8, 4) is 11.5 Å². The van der Waals surface area contributed by atoms with Gasteiger partial charge in [0.25, 0.3) is 11.4 Å². The van der Waals surface area contributed by atoms with Gasteiger partial charge in [-0.15, -0.1) is 0 Å². The van der Waals surface area contributed by atoms with E-state index in [2.05, 4.69) is 0 Å². The van der Waals surface area contributed by atoms with Crippen LogP contribution in [0.3, 0.4) is 0 Å². The third-order valence-corrected chi connectivity index (χ3v) is 9.58. The molecule has 4 aromatic rings. The molecular formula is C41H41N3O13. The summed E-state index contributed by atoms with van der Waals surface area (Å²) in [5.74, 6) is -1.36. The summed E-state index contributed by atoms with van der Waals surface area (Å²) in [5.41, 5.74) is 2.50. The lowest BCUT2D eigenvalue weighted by molar-refractivity contribution is -0.385. The number of Topliss-reactive ketones (excluding diaryl/α,β-unsaturated/α-hetero) is 1. The minimum absolute atomic E-state index is 0.123. The molecule has 0 saturated carbocycles. The van der Waals surface area contributed by atoms with Crippen molar-refractivity contribution >= 4 is 35.2 Å². The normalized spacial score (nSPS) is 15.2. The standard InChI is InChI=1S/C41H41N3O13/c1-26(57-41(48)56-25-30-6-14-32(15-7-30)44(51)52)39-37(22-34(45)23-38(46)55-24-29-4-12-31(13-5-29)43(49)50)42(40(39)47)33(20-27-8-16-35(53-2)17-9-27)21-28-10-18-36(54-3)19-11-28/h4-19,26,33,37,39H,20-25H2,1-3H3. The second-order valence-corrected chi connectivity index (χ2v) is 13.4. The summed E-state index contributed by atoms with van der Waals surface area (Å²) in [5, 5.41) is 21.9. The van der Waals surface area contributed by atoms with Gasteiger partial charge in [0, 0.05) is 36.7 Å². The summed E-state index contributed by atoms with van der Waals surface area (Å²) in [6.07, 6.45) is -2.21. The number of ether oxygens (including phenoxy) is 5. The Balaban J connectivity index is 1.33. The van der Waals surface area contributed by atoms with Crippen molar-refractivity contribution in [2.24, 2.45) is 5.92 Å². The van der Waals surface area contributed by atoms with E-state index in [9.17, 15) is 39.4 Å². The van der Waals surface area contributed by atoms with Crippen LogP contribution in [0.15, 0.2) is 97.1 Å². The number of likely N-dealkylation sites (tertiary alicyclic amines) is 1. The number of carbonyl (C=O) groups excluding carboxylic acids is 4. The Morgan fingerprint density at radius 1 is 0.684 bits per heavy atom. The average molecular weight is 784 g/mol. The van der Waals surface area contributed by atoms with Crippen molar-refractivity contribution in [1.29, 1.82) is 0 Å². The molecule has 0 bridgehead atoms. The summed E-state index contributed by atoms with van der Waals surface area (Å²) >= 11 is 0. The topological polar surface area (TPSA) is 204 Å². The predicted molar refractivity (Wildman–Crippen MR) is 202 cm³/mol. The SMILES string of the molecule is COc1ccc(CC(Cc2ccc(OC)cc2)N2C(=O)C(C(C)OC(=O)OCc3ccc([N+](=O)[O-])cc3)C2CC(=O)CC(=O)OCc2ccc([N+](=O)[O-])cc2)cc1. The number of β-lactam (4-membered cyclic amide) rings is 1. The van der Waals surface area contributed by atoms with Gasteiger partial charge in [-0.25, -0.2) is 4.79 Å². The first-order chi connectivity index (χ1) is 27.3. The molecule has 0 aromatic heterocycles. The molecule has 5 rings (SSSR count). The van der Waals surface area contributed by atoms with Gasteiger partial charge in [-0.3, -0.25) is 34.6 Å². The lowest BCUT2D eigenvalue weighted by atomic mass is 9.77. The number of hydrogen-bond donors (Lipinski definition) is 0. The summed E-state index contributed by atoms with van der Waals surface area (Å²) < 4.78 is 26.7. The molecule has 57 heavy (non-hydrogen) atoms. The number of nitrogens with zero attached hydrogens (tertiary/aromatic N) is 3. The number of amides is 1. The number of nitro benzene ring substituents is 2. The Bertz CT molecular complexity index is 2000. The van der Waals surface area contributed by atoms with E-state index in [1.54, 1.807) is 19.1 Å². The second-order valence-electron chi connectivity index (χ2n) is 13.4. The Kier molecular flexibility index (Phi) is 13.9. The number of esters is 1. The van der Waals surface area contributed by atoms with Gasteiger partial charge < -0.3 is 28.6 Å². The zero-order valence-corrected chi connectivity index (χ0v) is 31.4. The minimum Gasteiger partial charge on any atom is -0.497 e. The highest BCUT2D eigenvalue weighted by atomic mass is 16.7. The summed E-state index contributed by atoms with van der Waals surface area (Å²) in [7, 11) is 3.12. The summed E-state index contributed by atoms with van der Waals surface area (Å²) in [6, 6.07) is 24.4. The zero-order valence-electron chi connectivity index (χ0n) is 31.4. The third-order valence-electron chi connectivity index (χ3n) is 9.58. The van der Waals surface area contributed by atoms with Gasteiger partial charge in [0.2, 0.25) is 5.91 Å². The molecule has 16 heteroatoms. The monoisotopic (exact) mass is 783 g/mol. The first-order valence-corrected chi connectivity index (χ1v) is 17.9. The quantitative estimate of drug-likeness (QED) is 0.0335. The Labute approximate surface area is 327 Å². The fourth-order valence-corrected chi connectivity index (χ4v) is 6.63. The molecule has 0 spiro atoms. The van der Waals surface area contributed by atoms with Gasteiger partial charge in [0.15, 0.2) is 0 Å². The van der Waals surface area contributed by atoms with Gasteiger partial charge in [0.1, 0.15) is 43.0 Å². The molecular weight excluding hydrogens is 742 g/mol. The molecule has 3 unspecified atom stereocenters. The van der Waals surface area contributed by atoms with Crippen LogP contribution in [-0.2, 0) is 54.6 Å². The van der Waals surface area contributed by atoms with E-state index < -0.39 is 58.3 Å². The first kappa shape index (κ1) is 41.3. The van der Waals surface area contributed by atoms with Crippen LogP contribution in [0.2, 0.25) is 0 Å². The van der Waals surface area contributed by atoms with Crippen LogP contribution in [0, 0.1) is 26.1 Å². The maximum atomic E-state index is 14.2. The van der Waals surface area contributed by atoms with E-state index in [-0.39, 0.29) is 36.9 Å². The van der Waals surface area contributed by atoms with Gasteiger partial charge in [0.05, 0.1) is 36.0 Å². The number of carbonyl (C=O) groups is 4. The van der Waals surface area contributed by atoms with Crippen molar-refractivity contribution in [2.45, 2.75) is 64.0 Å². The van der Waals surface area contributed by atoms with Crippen LogP contribution in [-0.4, -0.2) is 71.0 Å². The molecule has 0 radical (unpaired) electrons. The van der Waals surface area contributed by atoms with Gasteiger partial charge in [-0.05, 0) is 90.6 Å². The number of benzene rings is 4. The highest BCUT2D eigenvalue weighted by Gasteiger charge is 2.54. The van der Waals surface area contributed by atoms with Crippen molar-refractivity contribution in [2.75, 3.05) is 14.2 Å². The average Bonchev–Trinajstić information content (AvgIpc) is 3.20. The van der Waals surface area contributed by atoms with Gasteiger partial charge >= 0.3 is 12.1 Å². The molecule has 0 aliphatic carbocycles. The number of rotatable bonds is 19. The Hall–Kier alpha value is -6.84. The number of methoxy groups -OCH3 is 2. The zero-order chi connectivity index (χ0) is 41.1. The van der Waals surface area contributed by atoms with Crippen LogP contribution >= 0.6 is 0 Å². The van der Waals surface area contributed by atoms with E-state index in [4.69, 9.17) is 23.7 Å². The van der Waals surface area contributed by atoms with Crippen LogP contribution in [0.4, 0.5) is 16.2 Å². The number of hydrogen-bond acceptors (Lipinski definition) is 13. The van der Waals surface area contributed by atoms with E-state index in [1.807, 2.05) is 48.5 Å². The Morgan fingerprint density at radius 2 is 1.12 bits per heavy atom. The molecule has 16 nitrogen and oxygen atoms in total. The van der Waals surface area contributed by atoms with Crippen molar-refractivity contribution in [3.05, 3.63) is 140 Å². The molecule has 3 atom stereocenters. The largest absolute Gasteiger partial charge is 0.508 e.